The van der Waals surface area contributed by atoms with Gasteiger partial charge in [0.1, 0.15) is 11.6 Å². The van der Waals surface area contributed by atoms with Crippen LogP contribution < -0.4 is 0 Å². The molecule has 31 heavy (non-hydrogen) atoms. The fourth-order valence-corrected chi connectivity index (χ4v) is 3.52. The lowest BCUT2D eigenvalue weighted by molar-refractivity contribution is 0.184. The first-order valence-electron chi connectivity index (χ1n) is 10.2. The number of methoxy groups -OCH3 is 1. The maximum Gasteiger partial charge on any atom is 0.126 e. The molecule has 154 valence electrons. The molecule has 0 aliphatic rings. The van der Waals surface area contributed by atoms with Crippen LogP contribution in [-0.4, -0.2) is 7.11 Å². The Kier molecular flexibility index (Phi) is 6.40. The zero-order valence-electron chi connectivity index (χ0n) is 17.3. The summed E-state index contributed by atoms with van der Waals surface area (Å²) in [5.41, 5.74) is 4.48. The fraction of sp³-hybridized carbons (Fsp3) is 0.143. The molecule has 0 amide bonds. The number of aryl methyl sites for hydroxylation is 2. The summed E-state index contributed by atoms with van der Waals surface area (Å²) in [5.74, 6) is 5.91. The summed E-state index contributed by atoms with van der Waals surface area (Å²) >= 11 is 0. The molecule has 0 aliphatic heterocycles. The Bertz CT molecular complexity index is 1260. The van der Waals surface area contributed by atoms with E-state index < -0.39 is 0 Å². The lowest BCUT2D eigenvalue weighted by Crippen LogP contribution is -1.97. The smallest absolute Gasteiger partial charge is 0.126 e. The van der Waals surface area contributed by atoms with Crippen LogP contribution in [-0.2, 0) is 24.2 Å². The first-order valence-corrected chi connectivity index (χ1v) is 10.2. The molecule has 4 aromatic carbocycles. The number of benzene rings is 4. The van der Waals surface area contributed by atoms with Crippen molar-refractivity contribution in [1.29, 1.82) is 0 Å². The van der Waals surface area contributed by atoms with Crippen LogP contribution in [0.3, 0.4) is 0 Å². The van der Waals surface area contributed by atoms with E-state index >= 15 is 0 Å². The molecule has 0 saturated carbocycles. The van der Waals surface area contributed by atoms with Gasteiger partial charge in [-0.25, -0.2) is 8.78 Å². The zero-order valence-corrected chi connectivity index (χ0v) is 17.3. The predicted molar refractivity (Wildman–Crippen MR) is 121 cm³/mol. The molecule has 4 aromatic rings. The van der Waals surface area contributed by atoms with Crippen molar-refractivity contribution in [1.82, 2.24) is 0 Å². The van der Waals surface area contributed by atoms with Gasteiger partial charge in [-0.1, -0.05) is 48.2 Å². The average Bonchev–Trinajstić information content (AvgIpc) is 2.78. The van der Waals surface area contributed by atoms with E-state index in [0.29, 0.717) is 18.6 Å². The SMILES string of the molecule is COCc1ccc(CCc2ccc(C#Cc3ccc4cc(F)ccc4c3)cc2)c(F)c1. The molecule has 0 bridgehead atoms. The van der Waals surface area contributed by atoms with Crippen LogP contribution in [0.5, 0.6) is 0 Å². The van der Waals surface area contributed by atoms with Crippen molar-refractivity contribution in [2.24, 2.45) is 0 Å². The number of ether oxygens (including phenoxy) is 1. The Morgan fingerprint density at radius 1 is 0.677 bits per heavy atom. The Morgan fingerprint density at radius 3 is 2.13 bits per heavy atom. The Balaban J connectivity index is 1.40. The summed E-state index contributed by atoms with van der Waals surface area (Å²) < 4.78 is 32.6. The minimum absolute atomic E-state index is 0.185. The number of rotatable bonds is 5. The van der Waals surface area contributed by atoms with E-state index in [0.717, 1.165) is 39.4 Å². The molecule has 0 spiro atoms. The minimum Gasteiger partial charge on any atom is -0.380 e. The lowest BCUT2D eigenvalue weighted by atomic mass is 10.0. The van der Waals surface area contributed by atoms with Crippen molar-refractivity contribution in [3.63, 3.8) is 0 Å². The summed E-state index contributed by atoms with van der Waals surface area (Å²) in [6, 6.07) is 23.8. The monoisotopic (exact) mass is 412 g/mol. The van der Waals surface area contributed by atoms with Crippen LogP contribution in [0.25, 0.3) is 10.8 Å². The molecule has 0 aromatic heterocycles. The van der Waals surface area contributed by atoms with Crippen LogP contribution in [0.4, 0.5) is 8.78 Å². The molecule has 0 atom stereocenters. The van der Waals surface area contributed by atoms with E-state index in [2.05, 4.69) is 11.8 Å². The normalized spacial score (nSPS) is 10.7. The third-order valence-corrected chi connectivity index (χ3v) is 5.22. The van der Waals surface area contributed by atoms with E-state index in [1.165, 1.54) is 12.1 Å². The second kappa shape index (κ2) is 9.55. The van der Waals surface area contributed by atoms with Crippen molar-refractivity contribution in [2.45, 2.75) is 19.4 Å². The van der Waals surface area contributed by atoms with Gasteiger partial charge < -0.3 is 4.74 Å². The van der Waals surface area contributed by atoms with Crippen LogP contribution in [0.2, 0.25) is 0 Å². The summed E-state index contributed by atoms with van der Waals surface area (Å²) in [7, 11) is 1.60. The molecule has 0 radical (unpaired) electrons. The third kappa shape index (κ3) is 5.36. The number of halogens is 2. The standard InChI is InChI=1S/C28H22F2O/c1-31-19-23-10-12-24(28(30)17-23)11-8-21-4-2-20(3-5-21)6-7-22-9-13-26-18-27(29)15-14-25(26)16-22/h2-5,9-10,12-18H,8,11,19H2,1H3. The fourth-order valence-electron chi connectivity index (χ4n) is 3.52. The predicted octanol–water partition coefficient (Wildman–Crippen LogP) is 6.45. The van der Waals surface area contributed by atoms with Gasteiger partial charge in [-0.05, 0) is 82.8 Å². The van der Waals surface area contributed by atoms with Gasteiger partial charge in [0.25, 0.3) is 0 Å². The molecule has 0 N–H and O–H groups in total. The van der Waals surface area contributed by atoms with Gasteiger partial charge in [-0.3, -0.25) is 0 Å². The molecular weight excluding hydrogens is 390 g/mol. The number of hydrogen-bond acceptors (Lipinski definition) is 1. The summed E-state index contributed by atoms with van der Waals surface area (Å²) in [6.07, 6.45) is 1.40. The largest absolute Gasteiger partial charge is 0.380 e. The summed E-state index contributed by atoms with van der Waals surface area (Å²) in [4.78, 5) is 0. The van der Waals surface area contributed by atoms with Gasteiger partial charge in [-0.2, -0.15) is 0 Å². The van der Waals surface area contributed by atoms with Crippen LogP contribution in [0, 0.1) is 23.5 Å². The second-order valence-electron chi connectivity index (χ2n) is 7.51. The van der Waals surface area contributed by atoms with E-state index in [9.17, 15) is 8.78 Å². The lowest BCUT2D eigenvalue weighted by Gasteiger charge is -2.06. The van der Waals surface area contributed by atoms with Gasteiger partial charge in [-0.15, -0.1) is 0 Å². The highest BCUT2D eigenvalue weighted by molar-refractivity contribution is 5.83. The molecule has 0 heterocycles. The van der Waals surface area contributed by atoms with E-state index in [4.69, 9.17) is 4.74 Å². The summed E-state index contributed by atoms with van der Waals surface area (Å²) in [6.45, 7) is 0.414. The quantitative estimate of drug-likeness (QED) is 0.342. The number of hydrogen-bond donors (Lipinski definition) is 0. The van der Waals surface area contributed by atoms with Crippen LogP contribution in [0.1, 0.15) is 27.8 Å². The van der Waals surface area contributed by atoms with E-state index in [1.807, 2.05) is 54.6 Å². The highest BCUT2D eigenvalue weighted by Crippen LogP contribution is 2.18. The molecule has 0 unspecified atom stereocenters. The van der Waals surface area contributed by atoms with Gasteiger partial charge in [0, 0.05) is 18.2 Å². The van der Waals surface area contributed by atoms with Gasteiger partial charge in [0.05, 0.1) is 6.61 Å². The van der Waals surface area contributed by atoms with E-state index in [1.54, 1.807) is 19.2 Å². The average molecular weight is 412 g/mol. The van der Waals surface area contributed by atoms with Crippen molar-refractivity contribution < 1.29 is 13.5 Å². The zero-order chi connectivity index (χ0) is 21.6. The highest BCUT2D eigenvalue weighted by Gasteiger charge is 2.05. The van der Waals surface area contributed by atoms with Gasteiger partial charge in [0.15, 0.2) is 0 Å². The molecule has 1 nitrogen and oxygen atoms in total. The highest BCUT2D eigenvalue weighted by atomic mass is 19.1. The van der Waals surface area contributed by atoms with Gasteiger partial charge in [0.2, 0.25) is 0 Å². The Labute approximate surface area is 181 Å². The van der Waals surface area contributed by atoms with Crippen LogP contribution >= 0.6 is 0 Å². The van der Waals surface area contributed by atoms with Crippen molar-refractivity contribution in [3.05, 3.63) is 118 Å². The molecule has 0 aliphatic carbocycles. The van der Waals surface area contributed by atoms with Gasteiger partial charge >= 0.3 is 0 Å². The topological polar surface area (TPSA) is 9.23 Å². The maximum atomic E-state index is 14.2. The van der Waals surface area contributed by atoms with Crippen LogP contribution in [0.15, 0.2) is 78.9 Å². The van der Waals surface area contributed by atoms with Crippen molar-refractivity contribution in [2.75, 3.05) is 7.11 Å². The van der Waals surface area contributed by atoms with Crippen molar-refractivity contribution >= 4 is 10.8 Å². The molecule has 3 heteroatoms. The Hall–Kier alpha value is -3.48. The minimum atomic E-state index is -0.239. The maximum absolute atomic E-state index is 14.2. The first-order chi connectivity index (χ1) is 15.1. The van der Waals surface area contributed by atoms with Crippen molar-refractivity contribution in [3.8, 4) is 11.8 Å². The summed E-state index contributed by atoms with van der Waals surface area (Å²) in [5, 5.41) is 1.82. The second-order valence-corrected chi connectivity index (χ2v) is 7.51. The molecule has 0 saturated heterocycles. The molecule has 4 rings (SSSR count). The first kappa shape index (κ1) is 20.8. The number of fused-ring (bicyclic) bond motifs is 1. The van der Waals surface area contributed by atoms with E-state index in [-0.39, 0.29) is 11.6 Å². The third-order valence-electron chi connectivity index (χ3n) is 5.22. The molecular formula is C28H22F2O. The Morgan fingerprint density at radius 2 is 1.35 bits per heavy atom. The molecule has 0 fully saturated rings.